The minimum Gasteiger partial charge on any atom is -0.489 e. The summed E-state index contributed by atoms with van der Waals surface area (Å²) in [6.07, 6.45) is 0. The summed E-state index contributed by atoms with van der Waals surface area (Å²) < 4.78 is 5.77. The number of nitrogens with two attached hydrogens (primary N) is 1. The third-order valence-corrected chi connectivity index (χ3v) is 4.27. The Balaban J connectivity index is 1.70. The minimum atomic E-state index is 0.489. The summed E-state index contributed by atoms with van der Waals surface area (Å²) in [5.41, 5.74) is 8.76. The van der Waals surface area contributed by atoms with Gasteiger partial charge in [-0.25, -0.2) is 4.98 Å². The van der Waals surface area contributed by atoms with Gasteiger partial charge in [0.2, 0.25) is 0 Å². The largest absolute Gasteiger partial charge is 0.489 e. The van der Waals surface area contributed by atoms with E-state index in [0.717, 1.165) is 27.4 Å². The Hall–Kier alpha value is -2.04. The number of nitrogens with zero attached hydrogens (tertiary/aromatic N) is 1. The molecule has 2 aromatic carbocycles. The van der Waals surface area contributed by atoms with Crippen LogP contribution in [0, 0.1) is 6.92 Å². The van der Waals surface area contributed by atoms with E-state index in [9.17, 15) is 0 Å². The molecule has 0 aliphatic carbocycles. The van der Waals surface area contributed by atoms with Gasteiger partial charge in [0.25, 0.3) is 0 Å². The van der Waals surface area contributed by atoms with Gasteiger partial charge in [-0.1, -0.05) is 23.7 Å². The molecule has 0 saturated heterocycles. The third-order valence-electron chi connectivity index (χ3n) is 3.24. The Labute approximate surface area is 138 Å². The Morgan fingerprint density at radius 1 is 1.18 bits per heavy atom. The highest BCUT2D eigenvalue weighted by atomic mass is 35.5. The molecule has 3 rings (SSSR count). The van der Waals surface area contributed by atoms with Crippen LogP contribution in [0.1, 0.15) is 10.4 Å². The second kappa shape index (κ2) is 6.38. The molecule has 0 aliphatic rings. The van der Waals surface area contributed by atoms with E-state index >= 15 is 0 Å². The normalized spacial score (nSPS) is 10.6. The van der Waals surface area contributed by atoms with Gasteiger partial charge in [0, 0.05) is 15.5 Å². The zero-order valence-electron chi connectivity index (χ0n) is 12.0. The number of rotatable bonds is 4. The predicted octanol–water partition coefficient (Wildman–Crippen LogP) is 4.93. The summed E-state index contributed by atoms with van der Waals surface area (Å²) in [4.78, 5) is 5.47. The molecule has 0 unspecified atom stereocenters. The lowest BCUT2D eigenvalue weighted by atomic mass is 10.1. The van der Waals surface area contributed by atoms with Gasteiger partial charge in [-0.2, -0.15) is 0 Å². The molecule has 2 N–H and O–H groups in total. The van der Waals surface area contributed by atoms with Crippen LogP contribution in [0.4, 0.5) is 5.13 Å². The molecule has 112 valence electrons. The molecular formula is C17H15ClN2OS. The number of aromatic nitrogens is 1. The first kappa shape index (κ1) is 14.9. The van der Waals surface area contributed by atoms with Crippen molar-refractivity contribution >= 4 is 28.1 Å². The Kier molecular flexibility index (Phi) is 4.32. The number of aryl methyl sites for hydroxylation is 1. The van der Waals surface area contributed by atoms with Gasteiger partial charge in [-0.15, -0.1) is 11.3 Å². The van der Waals surface area contributed by atoms with Crippen LogP contribution in [-0.4, -0.2) is 4.98 Å². The first-order chi connectivity index (χ1) is 10.6. The van der Waals surface area contributed by atoms with Crippen LogP contribution in [0.2, 0.25) is 5.02 Å². The van der Waals surface area contributed by atoms with E-state index in [4.69, 9.17) is 22.1 Å². The van der Waals surface area contributed by atoms with Crippen molar-refractivity contribution in [1.29, 1.82) is 0 Å². The summed E-state index contributed by atoms with van der Waals surface area (Å²) in [5.74, 6) is 0.810. The quantitative estimate of drug-likeness (QED) is 0.737. The number of hydrogen-bond acceptors (Lipinski definition) is 4. The molecule has 0 bridgehead atoms. The second-order valence-electron chi connectivity index (χ2n) is 4.90. The molecule has 0 radical (unpaired) electrons. The number of nitrogen functional groups attached to an aromatic ring is 1. The highest BCUT2D eigenvalue weighted by Gasteiger charge is 2.08. The van der Waals surface area contributed by atoms with Crippen molar-refractivity contribution in [1.82, 2.24) is 4.98 Å². The van der Waals surface area contributed by atoms with E-state index in [0.29, 0.717) is 16.8 Å². The van der Waals surface area contributed by atoms with E-state index in [2.05, 4.69) is 4.98 Å². The van der Waals surface area contributed by atoms with Gasteiger partial charge in [0.15, 0.2) is 5.13 Å². The van der Waals surface area contributed by atoms with Gasteiger partial charge >= 0.3 is 0 Å². The number of anilines is 1. The fourth-order valence-electron chi connectivity index (χ4n) is 2.19. The van der Waals surface area contributed by atoms with E-state index < -0.39 is 0 Å². The standard InChI is InChI=1S/C17H15ClN2OS/c1-11-16(20-17(19)22-11)13-5-7-15(8-6-13)21-10-12-3-2-4-14(18)9-12/h2-9H,10H2,1H3,(H2,19,20). The molecule has 0 spiro atoms. The maximum atomic E-state index is 5.96. The lowest BCUT2D eigenvalue weighted by Gasteiger charge is -2.07. The minimum absolute atomic E-state index is 0.489. The number of ether oxygens (including phenoxy) is 1. The first-order valence-corrected chi connectivity index (χ1v) is 8.02. The van der Waals surface area contributed by atoms with Crippen LogP contribution in [0.15, 0.2) is 48.5 Å². The molecule has 0 aliphatic heterocycles. The lowest BCUT2D eigenvalue weighted by molar-refractivity contribution is 0.306. The van der Waals surface area contributed by atoms with Crippen molar-refractivity contribution in [3.05, 3.63) is 64.0 Å². The average molecular weight is 331 g/mol. The molecule has 0 amide bonds. The molecule has 0 saturated carbocycles. The third kappa shape index (κ3) is 3.40. The summed E-state index contributed by atoms with van der Waals surface area (Å²) >= 11 is 7.46. The predicted molar refractivity (Wildman–Crippen MR) is 92.5 cm³/mol. The number of halogens is 1. The maximum absolute atomic E-state index is 5.96. The topological polar surface area (TPSA) is 48.1 Å². The van der Waals surface area contributed by atoms with E-state index in [-0.39, 0.29) is 0 Å². The second-order valence-corrected chi connectivity index (χ2v) is 6.57. The summed E-state index contributed by atoms with van der Waals surface area (Å²) in [5, 5.41) is 1.31. The van der Waals surface area contributed by atoms with Gasteiger partial charge in [-0.3, -0.25) is 0 Å². The van der Waals surface area contributed by atoms with E-state index in [1.165, 1.54) is 11.3 Å². The fraction of sp³-hybridized carbons (Fsp3) is 0.118. The Morgan fingerprint density at radius 3 is 2.59 bits per heavy atom. The summed E-state index contributed by atoms with van der Waals surface area (Å²) in [6, 6.07) is 15.5. The van der Waals surface area contributed by atoms with Crippen LogP contribution < -0.4 is 10.5 Å². The van der Waals surface area contributed by atoms with Gasteiger partial charge < -0.3 is 10.5 Å². The van der Waals surface area contributed by atoms with Crippen LogP contribution in [0.5, 0.6) is 5.75 Å². The van der Waals surface area contributed by atoms with Crippen molar-refractivity contribution < 1.29 is 4.74 Å². The van der Waals surface area contributed by atoms with E-state index in [1.54, 1.807) is 0 Å². The highest BCUT2D eigenvalue weighted by molar-refractivity contribution is 7.15. The molecular weight excluding hydrogens is 316 g/mol. The van der Waals surface area contributed by atoms with Gasteiger partial charge in [0.1, 0.15) is 12.4 Å². The number of benzene rings is 2. The number of hydrogen-bond donors (Lipinski definition) is 1. The van der Waals surface area contributed by atoms with E-state index in [1.807, 2.05) is 55.5 Å². The molecule has 5 heteroatoms. The zero-order valence-corrected chi connectivity index (χ0v) is 13.6. The fourth-order valence-corrected chi connectivity index (χ4v) is 3.11. The SMILES string of the molecule is Cc1sc(N)nc1-c1ccc(OCc2cccc(Cl)c2)cc1. The molecule has 1 aromatic heterocycles. The zero-order chi connectivity index (χ0) is 15.5. The molecule has 0 fully saturated rings. The molecule has 0 atom stereocenters. The average Bonchev–Trinajstić information content (AvgIpc) is 2.84. The molecule has 1 heterocycles. The van der Waals surface area contributed by atoms with Crippen molar-refractivity contribution in [2.45, 2.75) is 13.5 Å². The van der Waals surface area contributed by atoms with Crippen LogP contribution in [0.25, 0.3) is 11.3 Å². The van der Waals surface area contributed by atoms with Crippen LogP contribution in [0.3, 0.4) is 0 Å². The Bertz CT molecular complexity index is 784. The van der Waals surface area contributed by atoms with Crippen molar-refractivity contribution in [2.24, 2.45) is 0 Å². The maximum Gasteiger partial charge on any atom is 0.180 e. The highest BCUT2D eigenvalue weighted by Crippen LogP contribution is 2.29. The molecule has 22 heavy (non-hydrogen) atoms. The van der Waals surface area contributed by atoms with Gasteiger partial charge in [0.05, 0.1) is 5.69 Å². The Morgan fingerprint density at radius 2 is 1.95 bits per heavy atom. The summed E-state index contributed by atoms with van der Waals surface area (Å²) in [7, 11) is 0. The lowest BCUT2D eigenvalue weighted by Crippen LogP contribution is -1.95. The smallest absolute Gasteiger partial charge is 0.180 e. The van der Waals surface area contributed by atoms with Crippen molar-refractivity contribution in [2.75, 3.05) is 5.73 Å². The van der Waals surface area contributed by atoms with Crippen molar-refractivity contribution in [3.63, 3.8) is 0 Å². The van der Waals surface area contributed by atoms with Crippen LogP contribution >= 0.6 is 22.9 Å². The summed E-state index contributed by atoms with van der Waals surface area (Å²) in [6.45, 7) is 2.51. The van der Waals surface area contributed by atoms with Gasteiger partial charge in [-0.05, 0) is 48.9 Å². The monoisotopic (exact) mass is 330 g/mol. The number of thiazole rings is 1. The van der Waals surface area contributed by atoms with Crippen molar-refractivity contribution in [3.8, 4) is 17.0 Å². The molecule has 3 aromatic rings. The van der Waals surface area contributed by atoms with Crippen LogP contribution in [-0.2, 0) is 6.61 Å². The molecule has 3 nitrogen and oxygen atoms in total. The first-order valence-electron chi connectivity index (χ1n) is 6.82.